The summed E-state index contributed by atoms with van der Waals surface area (Å²) in [5.74, 6) is 0.0464. The standard InChI is InChI=1S/C15H21N3O/c16-15(19)13-7-10-18(17-8-4-9-17)11-14(13)12-5-2-1-3-6-12/h1-3,5-6,13-14H,4,7-11H2,(H2,16,19). The molecule has 0 bridgehead atoms. The Labute approximate surface area is 114 Å². The van der Waals surface area contributed by atoms with E-state index >= 15 is 0 Å². The maximum absolute atomic E-state index is 11.7. The molecule has 0 saturated carbocycles. The lowest BCUT2D eigenvalue weighted by Gasteiger charge is -2.46. The molecule has 0 aromatic heterocycles. The zero-order chi connectivity index (χ0) is 13.2. The maximum Gasteiger partial charge on any atom is 0.221 e. The lowest BCUT2D eigenvalue weighted by molar-refractivity contribution is -0.130. The van der Waals surface area contributed by atoms with Crippen LogP contribution in [-0.2, 0) is 4.79 Å². The van der Waals surface area contributed by atoms with Gasteiger partial charge in [0, 0.05) is 38.0 Å². The summed E-state index contributed by atoms with van der Waals surface area (Å²) in [6, 6.07) is 10.3. The van der Waals surface area contributed by atoms with Gasteiger partial charge in [0.2, 0.25) is 5.91 Å². The number of primary amides is 1. The second-order valence-electron chi connectivity index (χ2n) is 5.53. The van der Waals surface area contributed by atoms with Crippen LogP contribution in [0.3, 0.4) is 0 Å². The summed E-state index contributed by atoms with van der Waals surface area (Å²) in [5, 5.41) is 4.80. The zero-order valence-corrected chi connectivity index (χ0v) is 11.2. The first-order valence-electron chi connectivity index (χ1n) is 7.10. The lowest BCUT2D eigenvalue weighted by Crippen LogP contribution is -2.56. The second kappa shape index (κ2) is 5.31. The number of nitrogens with zero attached hydrogens (tertiary/aromatic N) is 2. The van der Waals surface area contributed by atoms with Crippen LogP contribution in [0.25, 0.3) is 0 Å². The molecule has 2 unspecified atom stereocenters. The van der Waals surface area contributed by atoms with Crippen LogP contribution in [0.15, 0.2) is 30.3 Å². The van der Waals surface area contributed by atoms with Gasteiger partial charge in [0.15, 0.2) is 0 Å². The van der Waals surface area contributed by atoms with Crippen molar-refractivity contribution >= 4 is 5.91 Å². The quantitative estimate of drug-likeness (QED) is 0.887. The molecule has 0 radical (unpaired) electrons. The Kier molecular flexibility index (Phi) is 3.53. The van der Waals surface area contributed by atoms with E-state index in [2.05, 4.69) is 22.2 Å². The van der Waals surface area contributed by atoms with Crippen molar-refractivity contribution in [2.75, 3.05) is 26.2 Å². The molecule has 2 aliphatic heterocycles. The number of carbonyl (C=O) groups excluding carboxylic acids is 1. The Morgan fingerprint density at radius 2 is 1.84 bits per heavy atom. The van der Waals surface area contributed by atoms with Gasteiger partial charge in [-0.15, -0.1) is 0 Å². The van der Waals surface area contributed by atoms with Crippen molar-refractivity contribution in [3.05, 3.63) is 35.9 Å². The highest BCUT2D eigenvalue weighted by molar-refractivity contribution is 5.78. The topological polar surface area (TPSA) is 49.6 Å². The smallest absolute Gasteiger partial charge is 0.221 e. The fourth-order valence-electron chi connectivity index (χ4n) is 3.15. The number of piperidine rings is 1. The number of hydrogen-bond acceptors (Lipinski definition) is 3. The van der Waals surface area contributed by atoms with Crippen LogP contribution in [-0.4, -0.2) is 42.1 Å². The minimum absolute atomic E-state index is 0.0278. The highest BCUT2D eigenvalue weighted by Gasteiger charge is 2.36. The third kappa shape index (κ3) is 2.51. The number of rotatable bonds is 3. The van der Waals surface area contributed by atoms with Crippen molar-refractivity contribution in [3.8, 4) is 0 Å². The van der Waals surface area contributed by atoms with Gasteiger partial charge < -0.3 is 5.73 Å². The van der Waals surface area contributed by atoms with Gasteiger partial charge in [-0.3, -0.25) is 4.79 Å². The average Bonchev–Trinajstić information content (AvgIpc) is 2.37. The molecule has 102 valence electrons. The number of carbonyl (C=O) groups is 1. The van der Waals surface area contributed by atoms with Crippen LogP contribution in [0.2, 0.25) is 0 Å². The van der Waals surface area contributed by atoms with Crippen LogP contribution in [0, 0.1) is 5.92 Å². The molecule has 1 amide bonds. The van der Waals surface area contributed by atoms with Crippen molar-refractivity contribution in [2.45, 2.75) is 18.8 Å². The van der Waals surface area contributed by atoms with Crippen LogP contribution in [0.5, 0.6) is 0 Å². The Morgan fingerprint density at radius 3 is 2.42 bits per heavy atom. The Hall–Kier alpha value is -1.39. The molecule has 19 heavy (non-hydrogen) atoms. The molecule has 3 rings (SSSR count). The van der Waals surface area contributed by atoms with Crippen LogP contribution in [0.4, 0.5) is 0 Å². The third-order valence-corrected chi connectivity index (χ3v) is 4.42. The number of amides is 1. The normalized spacial score (nSPS) is 28.8. The van der Waals surface area contributed by atoms with E-state index in [1.54, 1.807) is 0 Å². The van der Waals surface area contributed by atoms with Gasteiger partial charge >= 0.3 is 0 Å². The molecule has 2 saturated heterocycles. The van der Waals surface area contributed by atoms with E-state index < -0.39 is 0 Å². The zero-order valence-electron chi connectivity index (χ0n) is 11.2. The van der Waals surface area contributed by atoms with Crippen molar-refractivity contribution in [3.63, 3.8) is 0 Å². The molecule has 2 heterocycles. The summed E-state index contributed by atoms with van der Waals surface area (Å²) in [4.78, 5) is 11.7. The first-order valence-corrected chi connectivity index (χ1v) is 7.10. The Bertz CT molecular complexity index is 444. The Morgan fingerprint density at radius 1 is 1.11 bits per heavy atom. The average molecular weight is 259 g/mol. The lowest BCUT2D eigenvalue weighted by atomic mass is 9.80. The minimum Gasteiger partial charge on any atom is -0.369 e. The fourth-order valence-corrected chi connectivity index (χ4v) is 3.15. The number of hydrogen-bond donors (Lipinski definition) is 1. The predicted molar refractivity (Wildman–Crippen MR) is 74.2 cm³/mol. The van der Waals surface area contributed by atoms with Gasteiger partial charge in [0.25, 0.3) is 0 Å². The number of hydrazine groups is 1. The van der Waals surface area contributed by atoms with Gasteiger partial charge in [-0.1, -0.05) is 30.3 Å². The van der Waals surface area contributed by atoms with E-state index in [0.29, 0.717) is 0 Å². The van der Waals surface area contributed by atoms with Gasteiger partial charge in [-0.25, -0.2) is 10.0 Å². The number of benzene rings is 1. The van der Waals surface area contributed by atoms with E-state index in [4.69, 9.17) is 5.73 Å². The van der Waals surface area contributed by atoms with Crippen molar-refractivity contribution in [1.29, 1.82) is 0 Å². The molecular formula is C15H21N3O. The predicted octanol–water partition coefficient (Wildman–Crippen LogP) is 1.20. The second-order valence-corrected chi connectivity index (χ2v) is 5.53. The molecule has 0 aliphatic carbocycles. The number of nitrogens with two attached hydrogens (primary N) is 1. The van der Waals surface area contributed by atoms with E-state index in [9.17, 15) is 4.79 Å². The molecule has 4 nitrogen and oxygen atoms in total. The van der Waals surface area contributed by atoms with Gasteiger partial charge in [0.05, 0.1) is 0 Å². The molecule has 0 spiro atoms. The summed E-state index contributed by atoms with van der Waals surface area (Å²) in [7, 11) is 0. The van der Waals surface area contributed by atoms with Crippen LogP contribution >= 0.6 is 0 Å². The Balaban J connectivity index is 1.80. The fraction of sp³-hybridized carbons (Fsp3) is 0.533. The molecule has 2 fully saturated rings. The van der Waals surface area contributed by atoms with Crippen molar-refractivity contribution < 1.29 is 4.79 Å². The van der Waals surface area contributed by atoms with Crippen LogP contribution < -0.4 is 5.73 Å². The molecule has 2 N–H and O–H groups in total. The highest BCUT2D eigenvalue weighted by atomic mass is 16.1. The van der Waals surface area contributed by atoms with E-state index in [1.165, 1.54) is 12.0 Å². The van der Waals surface area contributed by atoms with Gasteiger partial charge in [-0.2, -0.15) is 0 Å². The molecule has 4 heteroatoms. The molecule has 1 aromatic rings. The molecule has 2 aliphatic rings. The third-order valence-electron chi connectivity index (χ3n) is 4.42. The monoisotopic (exact) mass is 259 g/mol. The molecular weight excluding hydrogens is 238 g/mol. The largest absolute Gasteiger partial charge is 0.369 e. The highest BCUT2D eigenvalue weighted by Crippen LogP contribution is 2.33. The first-order chi connectivity index (χ1) is 9.25. The summed E-state index contributed by atoms with van der Waals surface area (Å²) in [6.45, 7) is 4.18. The van der Waals surface area contributed by atoms with Gasteiger partial charge in [0.1, 0.15) is 0 Å². The summed E-state index contributed by atoms with van der Waals surface area (Å²) < 4.78 is 0. The van der Waals surface area contributed by atoms with Crippen molar-refractivity contribution in [2.24, 2.45) is 11.7 Å². The summed E-state index contributed by atoms with van der Waals surface area (Å²) >= 11 is 0. The summed E-state index contributed by atoms with van der Waals surface area (Å²) in [5.41, 5.74) is 6.82. The van der Waals surface area contributed by atoms with E-state index in [-0.39, 0.29) is 17.7 Å². The van der Waals surface area contributed by atoms with E-state index in [1.807, 2.05) is 18.2 Å². The first kappa shape index (κ1) is 12.6. The van der Waals surface area contributed by atoms with Crippen LogP contribution in [0.1, 0.15) is 24.3 Å². The SMILES string of the molecule is NC(=O)C1CCN(N2CCC2)CC1c1ccccc1. The van der Waals surface area contributed by atoms with Gasteiger partial charge in [-0.05, 0) is 18.4 Å². The summed E-state index contributed by atoms with van der Waals surface area (Å²) in [6.07, 6.45) is 2.15. The molecule has 1 aromatic carbocycles. The maximum atomic E-state index is 11.7. The van der Waals surface area contributed by atoms with Crippen molar-refractivity contribution in [1.82, 2.24) is 10.0 Å². The molecule has 2 atom stereocenters. The minimum atomic E-state index is -0.155. The van der Waals surface area contributed by atoms with E-state index in [0.717, 1.165) is 32.6 Å².